The van der Waals surface area contributed by atoms with E-state index in [2.05, 4.69) is 5.16 Å². The van der Waals surface area contributed by atoms with Crippen molar-refractivity contribution in [2.24, 2.45) is 0 Å². The number of carboxylic acid groups (broad SMARTS) is 1. The van der Waals surface area contributed by atoms with E-state index in [1.54, 1.807) is 34.9 Å². The van der Waals surface area contributed by atoms with Gasteiger partial charge in [0.25, 0.3) is 5.91 Å². The van der Waals surface area contributed by atoms with E-state index in [-0.39, 0.29) is 5.91 Å². The fraction of sp³-hybridized carbons (Fsp3) is 0.125. The molecule has 0 radical (unpaired) electrons. The number of nitrogens with zero attached hydrogens (tertiary/aromatic N) is 2. The Morgan fingerprint density at radius 2 is 1.81 bits per heavy atom. The third-order valence-electron chi connectivity index (χ3n) is 5.80. The summed E-state index contributed by atoms with van der Waals surface area (Å²) in [5.74, 6) is -0.934. The van der Waals surface area contributed by atoms with Crippen LogP contribution in [0.4, 0.5) is 0 Å². The monoisotopic (exact) mass is 466 g/mol. The highest BCUT2D eigenvalue weighted by molar-refractivity contribution is 6.39. The minimum absolute atomic E-state index is 0.295. The van der Waals surface area contributed by atoms with Crippen molar-refractivity contribution in [2.75, 3.05) is 0 Å². The van der Waals surface area contributed by atoms with Crippen LogP contribution in [0.1, 0.15) is 41.2 Å². The molecule has 160 valence electrons. The average molecular weight is 467 g/mol. The normalized spacial score (nSPS) is 14.7. The van der Waals surface area contributed by atoms with Crippen molar-refractivity contribution in [3.05, 3.63) is 81.2 Å². The minimum atomic E-state index is -1.05. The van der Waals surface area contributed by atoms with Crippen molar-refractivity contribution in [3.8, 4) is 11.3 Å². The first-order valence-corrected chi connectivity index (χ1v) is 10.5. The molecule has 2 aromatic heterocycles. The second-order valence-corrected chi connectivity index (χ2v) is 8.89. The summed E-state index contributed by atoms with van der Waals surface area (Å²) in [6.45, 7) is 3.89. The standard InChI is InChI=1S/C24H16Cl2N2O4/c1-24(2)17-11-13-12(9-10-18(29)30)5-3-8-16(13)28(17)23(31)20-21(27-32-22(20)24)19-14(25)6-4-7-15(19)26/h3-11H,1-2H3,(H,29,30)/b10-9+. The molecule has 0 saturated carbocycles. The molecular formula is C24H16Cl2N2O4. The van der Waals surface area contributed by atoms with E-state index in [9.17, 15) is 9.59 Å². The molecule has 2 aromatic carbocycles. The van der Waals surface area contributed by atoms with Crippen LogP contribution in [0.15, 0.2) is 53.1 Å². The maximum atomic E-state index is 13.8. The van der Waals surface area contributed by atoms with Gasteiger partial charge in [-0.25, -0.2) is 4.79 Å². The van der Waals surface area contributed by atoms with E-state index in [1.165, 1.54) is 6.08 Å². The van der Waals surface area contributed by atoms with Gasteiger partial charge < -0.3 is 9.63 Å². The van der Waals surface area contributed by atoms with Crippen molar-refractivity contribution in [2.45, 2.75) is 19.3 Å². The van der Waals surface area contributed by atoms with Crippen LogP contribution in [-0.2, 0) is 10.2 Å². The highest BCUT2D eigenvalue weighted by Gasteiger charge is 2.44. The predicted octanol–water partition coefficient (Wildman–Crippen LogP) is 6.03. The molecule has 1 aliphatic heterocycles. The summed E-state index contributed by atoms with van der Waals surface area (Å²) in [5, 5.41) is 14.7. The Morgan fingerprint density at radius 3 is 2.50 bits per heavy atom. The number of aliphatic carboxylic acids is 1. The Balaban J connectivity index is 1.79. The van der Waals surface area contributed by atoms with E-state index in [1.807, 2.05) is 26.0 Å². The first kappa shape index (κ1) is 20.5. The van der Waals surface area contributed by atoms with E-state index in [0.29, 0.717) is 49.4 Å². The van der Waals surface area contributed by atoms with Gasteiger partial charge in [0.15, 0.2) is 5.76 Å². The molecule has 0 aliphatic carbocycles. The van der Waals surface area contributed by atoms with E-state index >= 15 is 0 Å². The molecule has 5 rings (SSSR count). The van der Waals surface area contributed by atoms with Crippen molar-refractivity contribution in [1.82, 2.24) is 9.72 Å². The molecule has 1 aliphatic rings. The van der Waals surface area contributed by atoms with Crippen LogP contribution in [0.3, 0.4) is 0 Å². The molecule has 3 heterocycles. The Hall–Kier alpha value is -3.35. The number of hydrogen-bond donors (Lipinski definition) is 1. The molecule has 4 aromatic rings. The summed E-state index contributed by atoms with van der Waals surface area (Å²) >= 11 is 12.8. The van der Waals surface area contributed by atoms with E-state index in [0.717, 1.165) is 11.5 Å². The fourth-order valence-electron chi connectivity index (χ4n) is 4.28. The summed E-state index contributed by atoms with van der Waals surface area (Å²) in [4.78, 5) is 24.8. The summed E-state index contributed by atoms with van der Waals surface area (Å²) in [5.41, 5.74) is 2.41. The second kappa shape index (κ2) is 7.08. The van der Waals surface area contributed by atoms with Gasteiger partial charge in [-0.05, 0) is 49.8 Å². The lowest BCUT2D eigenvalue weighted by atomic mass is 9.80. The van der Waals surface area contributed by atoms with E-state index in [4.69, 9.17) is 32.8 Å². The van der Waals surface area contributed by atoms with Gasteiger partial charge in [-0.15, -0.1) is 0 Å². The lowest BCUT2D eigenvalue weighted by Crippen LogP contribution is -2.33. The third-order valence-corrected chi connectivity index (χ3v) is 6.43. The third kappa shape index (κ3) is 2.83. The molecule has 0 unspecified atom stereocenters. The average Bonchev–Trinajstić information content (AvgIpc) is 3.34. The van der Waals surface area contributed by atoms with Gasteiger partial charge in [0, 0.05) is 22.7 Å². The van der Waals surface area contributed by atoms with Crippen LogP contribution in [-0.4, -0.2) is 26.7 Å². The number of carboxylic acids is 1. The highest BCUT2D eigenvalue weighted by Crippen LogP contribution is 2.46. The molecule has 0 bridgehead atoms. The topological polar surface area (TPSA) is 85.3 Å². The smallest absolute Gasteiger partial charge is 0.328 e. The molecule has 0 amide bonds. The lowest BCUT2D eigenvalue weighted by molar-refractivity contribution is -0.131. The Kier molecular flexibility index (Phi) is 4.55. The quantitative estimate of drug-likeness (QED) is 0.372. The summed E-state index contributed by atoms with van der Waals surface area (Å²) in [6, 6.07) is 12.4. The number of aromatic nitrogens is 2. The zero-order chi connectivity index (χ0) is 22.8. The lowest BCUT2D eigenvalue weighted by Gasteiger charge is -2.29. The SMILES string of the molecule is CC1(C)c2onc(-c3c(Cl)cccc3Cl)c2C(=O)n2c1cc1c(/C=C/C(=O)O)cccc12. The Bertz CT molecular complexity index is 1460. The van der Waals surface area contributed by atoms with Crippen molar-refractivity contribution in [1.29, 1.82) is 0 Å². The molecular weight excluding hydrogens is 451 g/mol. The van der Waals surface area contributed by atoms with Crippen LogP contribution in [0.5, 0.6) is 0 Å². The molecule has 0 spiro atoms. The van der Waals surface area contributed by atoms with Crippen molar-refractivity contribution >= 4 is 52.1 Å². The van der Waals surface area contributed by atoms with Crippen LogP contribution < -0.4 is 0 Å². The number of hydrogen-bond acceptors (Lipinski definition) is 4. The molecule has 6 nitrogen and oxygen atoms in total. The number of carbonyl (C=O) groups excluding carboxylic acids is 1. The van der Waals surface area contributed by atoms with Gasteiger partial charge in [0.05, 0.1) is 21.0 Å². The highest BCUT2D eigenvalue weighted by atomic mass is 35.5. The Morgan fingerprint density at radius 1 is 1.12 bits per heavy atom. The zero-order valence-electron chi connectivity index (χ0n) is 17.0. The van der Waals surface area contributed by atoms with Crippen LogP contribution in [0.25, 0.3) is 28.2 Å². The number of carbonyl (C=O) groups is 2. The number of fused-ring (bicyclic) bond motifs is 4. The molecule has 1 N–H and O–H groups in total. The van der Waals surface area contributed by atoms with Crippen LogP contribution >= 0.6 is 23.2 Å². The zero-order valence-corrected chi connectivity index (χ0v) is 18.5. The van der Waals surface area contributed by atoms with Gasteiger partial charge in [-0.1, -0.05) is 46.6 Å². The number of halogens is 2. The summed E-state index contributed by atoms with van der Waals surface area (Å²) in [6.07, 6.45) is 2.59. The van der Waals surface area contributed by atoms with Gasteiger partial charge in [0.1, 0.15) is 11.3 Å². The molecule has 0 saturated heterocycles. The van der Waals surface area contributed by atoms with Gasteiger partial charge in [-0.3, -0.25) is 9.36 Å². The molecule has 8 heteroatoms. The first-order valence-electron chi connectivity index (χ1n) is 9.77. The van der Waals surface area contributed by atoms with Crippen molar-refractivity contribution < 1.29 is 19.2 Å². The van der Waals surface area contributed by atoms with Crippen LogP contribution in [0, 0.1) is 0 Å². The summed E-state index contributed by atoms with van der Waals surface area (Å²) < 4.78 is 7.33. The minimum Gasteiger partial charge on any atom is -0.478 e. The van der Waals surface area contributed by atoms with Crippen LogP contribution in [0.2, 0.25) is 10.0 Å². The van der Waals surface area contributed by atoms with Gasteiger partial charge in [0.2, 0.25) is 0 Å². The summed E-state index contributed by atoms with van der Waals surface area (Å²) in [7, 11) is 0. The Labute approximate surface area is 192 Å². The molecule has 0 atom stereocenters. The molecule has 0 fully saturated rings. The largest absolute Gasteiger partial charge is 0.478 e. The van der Waals surface area contributed by atoms with Gasteiger partial charge >= 0.3 is 5.97 Å². The number of benzene rings is 2. The fourth-order valence-corrected chi connectivity index (χ4v) is 4.85. The maximum Gasteiger partial charge on any atom is 0.328 e. The molecule has 32 heavy (non-hydrogen) atoms. The maximum absolute atomic E-state index is 13.8. The van der Waals surface area contributed by atoms with E-state index < -0.39 is 11.4 Å². The van der Waals surface area contributed by atoms with Crippen molar-refractivity contribution in [3.63, 3.8) is 0 Å². The first-order chi connectivity index (χ1) is 15.2. The number of rotatable bonds is 3. The van der Waals surface area contributed by atoms with Gasteiger partial charge in [-0.2, -0.15) is 0 Å². The predicted molar refractivity (Wildman–Crippen MR) is 122 cm³/mol. The second-order valence-electron chi connectivity index (χ2n) is 8.08.